The van der Waals surface area contributed by atoms with Gasteiger partial charge in [0.1, 0.15) is 18.7 Å². The Bertz CT molecular complexity index is 709. The highest BCUT2D eigenvalue weighted by Crippen LogP contribution is 2.08. The molecule has 158 valence electrons. The van der Waals surface area contributed by atoms with Crippen LogP contribution in [0.2, 0.25) is 0 Å². The van der Waals surface area contributed by atoms with Crippen LogP contribution in [-0.2, 0) is 30.5 Å². The van der Waals surface area contributed by atoms with Crippen LogP contribution in [0.5, 0.6) is 0 Å². The molecule has 2 unspecified atom stereocenters. The largest absolute Gasteiger partial charge is 0.467 e. The average Bonchev–Trinajstić information content (AvgIpc) is 2.73. The van der Waals surface area contributed by atoms with Crippen LogP contribution >= 0.6 is 0 Å². The molecular weight excluding hydrogens is 378 g/mol. The fourth-order valence-electron chi connectivity index (χ4n) is 2.90. The monoisotopic (exact) mass is 405 g/mol. The van der Waals surface area contributed by atoms with Crippen molar-refractivity contribution < 1.29 is 28.7 Å². The van der Waals surface area contributed by atoms with Crippen LogP contribution in [0, 0.1) is 0 Å². The van der Waals surface area contributed by atoms with E-state index in [1.165, 1.54) is 7.11 Å². The second kappa shape index (κ2) is 11.7. The number of ether oxygens (including phenoxy) is 2. The van der Waals surface area contributed by atoms with Crippen LogP contribution in [0.3, 0.4) is 0 Å². The molecule has 0 aliphatic carbocycles. The van der Waals surface area contributed by atoms with E-state index in [9.17, 15) is 19.2 Å². The fraction of sp³-hybridized carbons (Fsp3) is 0.500. The minimum atomic E-state index is -0.970. The van der Waals surface area contributed by atoms with Gasteiger partial charge in [-0.3, -0.25) is 9.59 Å². The molecule has 1 aromatic rings. The molecule has 3 N–H and O–H groups in total. The molecule has 3 amide bonds. The molecular formula is C20H27N3O6. The lowest BCUT2D eigenvalue weighted by Crippen LogP contribution is -2.52. The maximum Gasteiger partial charge on any atom is 0.408 e. The number of carbonyl (C=O) groups is 4. The number of methoxy groups -OCH3 is 1. The van der Waals surface area contributed by atoms with E-state index in [2.05, 4.69) is 16.0 Å². The van der Waals surface area contributed by atoms with Crippen LogP contribution < -0.4 is 16.0 Å². The predicted octanol–water partition coefficient (Wildman–Crippen LogP) is 1.02. The van der Waals surface area contributed by atoms with Crippen molar-refractivity contribution in [2.24, 2.45) is 0 Å². The standard InChI is InChI=1S/C20H27N3O6/c1-28-19(26)16-10-11-17(24)21-12-6-5-9-15(18(25)22-16)23-20(27)29-13-14-7-3-2-4-8-14/h2-4,7-8,15-16H,5-6,9-13H2,1H3,(H,21,24)(H,22,25)(H,23,27). The summed E-state index contributed by atoms with van der Waals surface area (Å²) >= 11 is 0. The summed E-state index contributed by atoms with van der Waals surface area (Å²) in [6.07, 6.45) is 1.07. The molecule has 1 aliphatic heterocycles. The van der Waals surface area contributed by atoms with Crippen LogP contribution in [-0.4, -0.2) is 49.6 Å². The van der Waals surface area contributed by atoms with Crippen molar-refractivity contribution in [1.29, 1.82) is 0 Å². The van der Waals surface area contributed by atoms with E-state index in [1.807, 2.05) is 30.3 Å². The SMILES string of the molecule is COC(=O)C1CCC(=O)NCCCCC(NC(=O)OCc2ccccc2)C(=O)N1. The number of amides is 3. The molecule has 0 saturated carbocycles. The number of hydrogen-bond acceptors (Lipinski definition) is 6. The maximum atomic E-state index is 12.7. The summed E-state index contributed by atoms with van der Waals surface area (Å²) in [6.45, 7) is 0.548. The Balaban J connectivity index is 1.99. The highest BCUT2D eigenvalue weighted by atomic mass is 16.5. The molecule has 1 aromatic carbocycles. The van der Waals surface area contributed by atoms with Crippen molar-refractivity contribution in [2.45, 2.75) is 50.8 Å². The van der Waals surface area contributed by atoms with Gasteiger partial charge in [-0.05, 0) is 31.2 Å². The Morgan fingerprint density at radius 2 is 1.90 bits per heavy atom. The van der Waals surface area contributed by atoms with Gasteiger partial charge in [0.05, 0.1) is 7.11 Å². The molecule has 1 aliphatic rings. The number of carbonyl (C=O) groups excluding carboxylic acids is 4. The molecule has 1 heterocycles. The zero-order valence-electron chi connectivity index (χ0n) is 16.4. The number of esters is 1. The van der Waals surface area contributed by atoms with Gasteiger partial charge in [0.15, 0.2) is 0 Å². The Hall–Kier alpha value is -3.10. The molecule has 9 heteroatoms. The highest BCUT2D eigenvalue weighted by molar-refractivity contribution is 5.90. The van der Waals surface area contributed by atoms with Crippen molar-refractivity contribution in [2.75, 3.05) is 13.7 Å². The number of hydrogen-bond donors (Lipinski definition) is 3. The van der Waals surface area contributed by atoms with Gasteiger partial charge in [-0.1, -0.05) is 30.3 Å². The molecule has 2 atom stereocenters. The first kappa shape index (κ1) is 22.2. The van der Waals surface area contributed by atoms with Crippen molar-refractivity contribution >= 4 is 23.9 Å². The number of alkyl carbamates (subject to hydrolysis) is 1. The Kier molecular flexibility index (Phi) is 8.94. The zero-order chi connectivity index (χ0) is 21.1. The van der Waals surface area contributed by atoms with Gasteiger partial charge >= 0.3 is 12.1 Å². The lowest BCUT2D eigenvalue weighted by molar-refractivity contribution is -0.145. The third-order valence-electron chi connectivity index (χ3n) is 4.53. The molecule has 29 heavy (non-hydrogen) atoms. The molecule has 0 aromatic heterocycles. The summed E-state index contributed by atoms with van der Waals surface area (Å²) in [7, 11) is 1.21. The molecule has 0 radical (unpaired) electrons. The van der Waals surface area contributed by atoms with Gasteiger partial charge in [0.25, 0.3) is 0 Å². The molecule has 1 saturated heterocycles. The van der Waals surface area contributed by atoms with Crippen LogP contribution in [0.4, 0.5) is 4.79 Å². The van der Waals surface area contributed by atoms with E-state index in [4.69, 9.17) is 9.47 Å². The predicted molar refractivity (Wildman–Crippen MR) is 104 cm³/mol. The summed E-state index contributed by atoms with van der Waals surface area (Å²) in [4.78, 5) is 48.6. The van der Waals surface area contributed by atoms with Crippen LogP contribution in [0.1, 0.15) is 37.7 Å². The summed E-state index contributed by atoms with van der Waals surface area (Å²) in [5.74, 6) is -1.35. The maximum absolute atomic E-state index is 12.7. The molecule has 1 fully saturated rings. The molecule has 0 spiro atoms. The summed E-state index contributed by atoms with van der Waals surface area (Å²) in [6, 6.07) is 7.35. The lowest BCUT2D eigenvalue weighted by Gasteiger charge is -2.23. The minimum Gasteiger partial charge on any atom is -0.467 e. The van der Waals surface area contributed by atoms with Crippen molar-refractivity contribution in [3.8, 4) is 0 Å². The van der Waals surface area contributed by atoms with Gasteiger partial charge in [0.2, 0.25) is 11.8 Å². The van der Waals surface area contributed by atoms with Crippen molar-refractivity contribution in [3.05, 3.63) is 35.9 Å². The first-order valence-corrected chi connectivity index (χ1v) is 9.61. The third kappa shape index (κ3) is 7.81. The summed E-state index contributed by atoms with van der Waals surface area (Å²) in [5, 5.41) is 7.90. The zero-order valence-corrected chi connectivity index (χ0v) is 16.4. The van der Waals surface area contributed by atoms with Crippen LogP contribution in [0.15, 0.2) is 30.3 Å². The van der Waals surface area contributed by atoms with Gasteiger partial charge < -0.3 is 25.4 Å². The Morgan fingerprint density at radius 3 is 2.62 bits per heavy atom. The number of rotatable bonds is 4. The van der Waals surface area contributed by atoms with E-state index in [0.717, 1.165) is 5.56 Å². The second-order valence-electron chi connectivity index (χ2n) is 6.73. The first-order chi connectivity index (χ1) is 14.0. The van der Waals surface area contributed by atoms with Gasteiger partial charge in [-0.15, -0.1) is 0 Å². The fourth-order valence-corrected chi connectivity index (χ4v) is 2.90. The number of benzene rings is 1. The topological polar surface area (TPSA) is 123 Å². The first-order valence-electron chi connectivity index (χ1n) is 9.61. The van der Waals surface area contributed by atoms with Crippen molar-refractivity contribution in [3.63, 3.8) is 0 Å². The lowest BCUT2D eigenvalue weighted by atomic mass is 10.1. The summed E-state index contributed by atoms with van der Waals surface area (Å²) in [5.41, 5.74) is 0.826. The average molecular weight is 405 g/mol. The Morgan fingerprint density at radius 1 is 1.14 bits per heavy atom. The normalized spacial score (nSPS) is 20.9. The van der Waals surface area contributed by atoms with Gasteiger partial charge in [-0.25, -0.2) is 9.59 Å². The number of nitrogens with one attached hydrogen (secondary N) is 3. The van der Waals surface area contributed by atoms with Crippen molar-refractivity contribution in [1.82, 2.24) is 16.0 Å². The quantitative estimate of drug-likeness (QED) is 0.643. The summed E-state index contributed by atoms with van der Waals surface area (Å²) < 4.78 is 9.89. The second-order valence-corrected chi connectivity index (χ2v) is 6.73. The van der Waals surface area contributed by atoms with E-state index in [0.29, 0.717) is 25.8 Å². The van der Waals surface area contributed by atoms with E-state index < -0.39 is 30.1 Å². The van der Waals surface area contributed by atoms with E-state index >= 15 is 0 Å². The van der Waals surface area contributed by atoms with Gasteiger partial charge in [0, 0.05) is 13.0 Å². The van der Waals surface area contributed by atoms with Gasteiger partial charge in [-0.2, -0.15) is 0 Å². The molecule has 9 nitrogen and oxygen atoms in total. The minimum absolute atomic E-state index is 0.0806. The highest BCUT2D eigenvalue weighted by Gasteiger charge is 2.28. The van der Waals surface area contributed by atoms with E-state index in [1.54, 1.807) is 0 Å². The smallest absolute Gasteiger partial charge is 0.408 e. The third-order valence-corrected chi connectivity index (χ3v) is 4.53. The Labute approximate surface area is 169 Å². The van der Waals surface area contributed by atoms with E-state index in [-0.39, 0.29) is 25.4 Å². The molecule has 0 bridgehead atoms. The van der Waals surface area contributed by atoms with Crippen LogP contribution in [0.25, 0.3) is 0 Å². The molecule has 2 rings (SSSR count).